The molecule has 0 N–H and O–H groups in total. The van der Waals surface area contributed by atoms with Crippen molar-refractivity contribution < 1.29 is 0 Å². The molecule has 2 aromatic carbocycles. The summed E-state index contributed by atoms with van der Waals surface area (Å²) in [5.41, 5.74) is 12.1. The predicted octanol–water partition coefficient (Wildman–Crippen LogP) is 6.56. The fourth-order valence-corrected chi connectivity index (χ4v) is 4.97. The fraction of sp³-hybridized carbons (Fsp3) is 0.345. The second-order valence-corrected chi connectivity index (χ2v) is 10.2. The lowest BCUT2D eigenvalue weighted by Crippen LogP contribution is -2.30. The highest BCUT2D eigenvalue weighted by atomic mass is 15.2. The van der Waals surface area contributed by atoms with Gasteiger partial charge in [-0.1, -0.05) is 69.3 Å². The number of benzene rings is 2. The molecule has 1 aliphatic rings. The van der Waals surface area contributed by atoms with Gasteiger partial charge in [0.1, 0.15) is 0 Å². The third-order valence-electron chi connectivity index (χ3n) is 7.11. The maximum absolute atomic E-state index is 4.80. The molecule has 0 unspecified atom stereocenters. The van der Waals surface area contributed by atoms with Gasteiger partial charge < -0.3 is 9.47 Å². The van der Waals surface area contributed by atoms with E-state index in [-0.39, 0.29) is 5.41 Å². The molecular formula is C29H33N3. The van der Waals surface area contributed by atoms with Crippen molar-refractivity contribution in [2.45, 2.75) is 59.5 Å². The SMILES string of the molecule is Cc1c(C)n(Cc2ccc(C(C)(C)C)cc2)c2c(N3CCc4ccccc4C3)ccnc12. The Kier molecular flexibility index (Phi) is 5.08. The molecule has 0 bridgehead atoms. The Bertz CT molecular complexity index is 1270. The molecular weight excluding hydrogens is 390 g/mol. The van der Waals surface area contributed by atoms with Crippen molar-refractivity contribution in [2.24, 2.45) is 0 Å². The summed E-state index contributed by atoms with van der Waals surface area (Å²) in [5.74, 6) is 0. The summed E-state index contributed by atoms with van der Waals surface area (Å²) in [5, 5.41) is 0. The molecule has 0 amide bonds. The Labute approximate surface area is 191 Å². The van der Waals surface area contributed by atoms with Gasteiger partial charge in [0.05, 0.1) is 16.7 Å². The van der Waals surface area contributed by atoms with Gasteiger partial charge in [-0.05, 0) is 59.6 Å². The Morgan fingerprint density at radius 1 is 0.906 bits per heavy atom. The van der Waals surface area contributed by atoms with Gasteiger partial charge >= 0.3 is 0 Å². The van der Waals surface area contributed by atoms with E-state index in [4.69, 9.17) is 4.98 Å². The Morgan fingerprint density at radius 3 is 2.34 bits per heavy atom. The lowest BCUT2D eigenvalue weighted by atomic mass is 9.87. The van der Waals surface area contributed by atoms with Crippen LogP contribution in [0.2, 0.25) is 0 Å². The smallest absolute Gasteiger partial charge is 0.0934 e. The van der Waals surface area contributed by atoms with Crippen LogP contribution in [0.5, 0.6) is 0 Å². The number of hydrogen-bond acceptors (Lipinski definition) is 2. The molecule has 2 aromatic heterocycles. The van der Waals surface area contributed by atoms with Gasteiger partial charge in [0.2, 0.25) is 0 Å². The molecule has 0 radical (unpaired) electrons. The van der Waals surface area contributed by atoms with Crippen LogP contribution in [0.15, 0.2) is 60.8 Å². The number of rotatable bonds is 3. The maximum Gasteiger partial charge on any atom is 0.0934 e. The van der Waals surface area contributed by atoms with Crippen molar-refractivity contribution in [1.82, 2.24) is 9.55 Å². The first-order valence-corrected chi connectivity index (χ1v) is 11.7. The first-order valence-electron chi connectivity index (χ1n) is 11.7. The van der Waals surface area contributed by atoms with Gasteiger partial charge in [-0.3, -0.25) is 4.98 Å². The summed E-state index contributed by atoms with van der Waals surface area (Å²) in [6, 6.07) is 20.2. The van der Waals surface area contributed by atoms with E-state index in [1.807, 2.05) is 6.20 Å². The summed E-state index contributed by atoms with van der Waals surface area (Å²) in [6.07, 6.45) is 3.07. The van der Waals surface area contributed by atoms with Crippen LogP contribution in [0.1, 0.15) is 54.3 Å². The molecule has 0 aliphatic carbocycles. The Hall–Kier alpha value is -3.07. The highest BCUT2D eigenvalue weighted by Gasteiger charge is 2.22. The highest BCUT2D eigenvalue weighted by molar-refractivity contribution is 5.92. The van der Waals surface area contributed by atoms with E-state index in [1.165, 1.54) is 44.7 Å². The third-order valence-corrected chi connectivity index (χ3v) is 7.11. The van der Waals surface area contributed by atoms with E-state index >= 15 is 0 Å². The largest absolute Gasteiger partial charge is 0.365 e. The van der Waals surface area contributed by atoms with Crippen LogP contribution in [-0.4, -0.2) is 16.1 Å². The summed E-state index contributed by atoms with van der Waals surface area (Å²) in [6.45, 7) is 14.1. The van der Waals surface area contributed by atoms with Crippen LogP contribution in [0, 0.1) is 13.8 Å². The maximum atomic E-state index is 4.80. The van der Waals surface area contributed by atoms with E-state index in [9.17, 15) is 0 Å². The molecule has 5 rings (SSSR count). The monoisotopic (exact) mass is 423 g/mol. The first kappa shape index (κ1) is 20.8. The average Bonchev–Trinajstić information content (AvgIpc) is 3.03. The summed E-state index contributed by atoms with van der Waals surface area (Å²) in [7, 11) is 0. The predicted molar refractivity (Wildman–Crippen MR) is 135 cm³/mol. The number of aromatic nitrogens is 2. The standard InChI is InChI=1S/C29H33N3/c1-20-21(2)32(18-22-10-12-25(13-11-22)29(3,4)5)28-26(14-16-30-27(20)28)31-17-15-23-8-6-7-9-24(23)19-31/h6-14,16H,15,17-19H2,1-5H3. The van der Waals surface area contributed by atoms with Crippen molar-refractivity contribution >= 4 is 16.7 Å². The van der Waals surface area contributed by atoms with Gasteiger partial charge in [0.25, 0.3) is 0 Å². The molecule has 3 heteroatoms. The van der Waals surface area contributed by atoms with Crippen LogP contribution >= 0.6 is 0 Å². The Morgan fingerprint density at radius 2 is 1.62 bits per heavy atom. The summed E-state index contributed by atoms with van der Waals surface area (Å²) >= 11 is 0. The van der Waals surface area contributed by atoms with Crippen molar-refractivity contribution in [1.29, 1.82) is 0 Å². The molecule has 0 fully saturated rings. The van der Waals surface area contributed by atoms with Gasteiger partial charge in [-0.25, -0.2) is 0 Å². The third kappa shape index (κ3) is 3.60. The normalized spacial score (nSPS) is 14.1. The van der Waals surface area contributed by atoms with Crippen LogP contribution in [0.25, 0.3) is 11.0 Å². The van der Waals surface area contributed by atoms with Crippen LogP contribution in [0.3, 0.4) is 0 Å². The molecule has 0 spiro atoms. The van der Waals surface area contributed by atoms with E-state index < -0.39 is 0 Å². The minimum Gasteiger partial charge on any atom is -0.365 e. The molecule has 3 nitrogen and oxygen atoms in total. The van der Waals surface area contributed by atoms with Crippen molar-refractivity contribution in [3.8, 4) is 0 Å². The molecule has 0 atom stereocenters. The van der Waals surface area contributed by atoms with Crippen molar-refractivity contribution in [3.63, 3.8) is 0 Å². The molecule has 0 saturated heterocycles. The van der Waals surface area contributed by atoms with Crippen LogP contribution < -0.4 is 4.90 Å². The number of pyridine rings is 1. The molecule has 164 valence electrons. The minimum absolute atomic E-state index is 0.173. The second-order valence-electron chi connectivity index (χ2n) is 10.2. The van der Waals surface area contributed by atoms with E-state index in [2.05, 4.69) is 98.7 Å². The molecule has 1 aliphatic heterocycles. The van der Waals surface area contributed by atoms with Gasteiger partial charge in [-0.15, -0.1) is 0 Å². The number of aryl methyl sites for hydroxylation is 1. The fourth-order valence-electron chi connectivity index (χ4n) is 4.97. The molecule has 32 heavy (non-hydrogen) atoms. The zero-order valence-corrected chi connectivity index (χ0v) is 19.9. The van der Waals surface area contributed by atoms with E-state index in [0.29, 0.717) is 0 Å². The molecule has 4 aromatic rings. The number of anilines is 1. The summed E-state index contributed by atoms with van der Waals surface area (Å²) < 4.78 is 2.47. The number of nitrogens with zero attached hydrogens (tertiary/aromatic N) is 3. The van der Waals surface area contributed by atoms with Gasteiger partial charge in [-0.2, -0.15) is 0 Å². The van der Waals surface area contributed by atoms with Crippen LogP contribution in [-0.2, 0) is 24.9 Å². The minimum atomic E-state index is 0.173. The van der Waals surface area contributed by atoms with E-state index in [1.54, 1.807) is 0 Å². The van der Waals surface area contributed by atoms with Crippen molar-refractivity contribution in [2.75, 3.05) is 11.4 Å². The Balaban J connectivity index is 1.56. The highest BCUT2D eigenvalue weighted by Crippen LogP contribution is 2.35. The summed E-state index contributed by atoms with van der Waals surface area (Å²) in [4.78, 5) is 7.33. The lowest BCUT2D eigenvalue weighted by Gasteiger charge is -2.31. The zero-order valence-electron chi connectivity index (χ0n) is 19.9. The van der Waals surface area contributed by atoms with Gasteiger partial charge in [0.15, 0.2) is 0 Å². The quantitative estimate of drug-likeness (QED) is 0.372. The second kappa shape index (κ2) is 7.81. The number of hydrogen-bond donors (Lipinski definition) is 0. The first-order chi connectivity index (χ1) is 15.3. The van der Waals surface area contributed by atoms with E-state index in [0.717, 1.165) is 31.6 Å². The molecule has 0 saturated carbocycles. The van der Waals surface area contributed by atoms with Crippen LogP contribution in [0.4, 0.5) is 5.69 Å². The molecule has 3 heterocycles. The van der Waals surface area contributed by atoms with Crippen molar-refractivity contribution in [3.05, 3.63) is 94.3 Å². The van der Waals surface area contributed by atoms with Gasteiger partial charge in [0, 0.05) is 31.5 Å². The number of fused-ring (bicyclic) bond motifs is 2. The lowest BCUT2D eigenvalue weighted by molar-refractivity contribution is 0.590. The average molecular weight is 424 g/mol. The zero-order chi connectivity index (χ0) is 22.5. The topological polar surface area (TPSA) is 21.1 Å².